The molecule has 140 valence electrons. The van der Waals surface area contributed by atoms with Gasteiger partial charge in [0, 0.05) is 25.0 Å². The average molecular weight is 363 g/mol. The first-order valence-corrected chi connectivity index (χ1v) is 8.94. The molecular formula is C21H25N5O. The number of nitrogens with one attached hydrogen (secondary N) is 2. The molecule has 1 aromatic heterocycles. The van der Waals surface area contributed by atoms with Crippen LogP contribution in [0.15, 0.2) is 66.9 Å². The van der Waals surface area contributed by atoms with E-state index in [4.69, 9.17) is 4.74 Å². The molecule has 0 aliphatic heterocycles. The average Bonchev–Trinajstić information content (AvgIpc) is 2.68. The summed E-state index contributed by atoms with van der Waals surface area (Å²) in [5, 5.41) is 6.51. The van der Waals surface area contributed by atoms with Crippen LogP contribution in [0, 0.1) is 0 Å². The first-order valence-electron chi connectivity index (χ1n) is 8.94. The maximum absolute atomic E-state index is 5.81. The van der Waals surface area contributed by atoms with Crippen molar-refractivity contribution in [2.75, 3.05) is 37.8 Å². The number of benzene rings is 2. The SMILES string of the molecule is CN(C)CCNc1ccnc(Nc2ccc(OCc3ccccc3)cc2)n1. The van der Waals surface area contributed by atoms with E-state index in [2.05, 4.69) is 25.5 Å². The van der Waals surface area contributed by atoms with E-state index in [0.717, 1.165) is 35.9 Å². The van der Waals surface area contributed by atoms with Gasteiger partial charge in [0.25, 0.3) is 0 Å². The number of likely N-dealkylation sites (N-methyl/N-ethyl adjacent to an activating group) is 1. The highest BCUT2D eigenvalue weighted by Gasteiger charge is 2.02. The molecule has 1 heterocycles. The number of nitrogens with zero attached hydrogens (tertiary/aromatic N) is 3. The van der Waals surface area contributed by atoms with Crippen LogP contribution in [0.2, 0.25) is 0 Å². The number of hydrogen-bond acceptors (Lipinski definition) is 6. The molecule has 3 rings (SSSR count). The molecule has 0 aliphatic carbocycles. The topological polar surface area (TPSA) is 62.3 Å². The van der Waals surface area contributed by atoms with E-state index in [1.54, 1.807) is 6.20 Å². The standard InChI is InChI=1S/C21H25N5O/c1-26(2)15-14-22-20-12-13-23-21(25-20)24-18-8-10-19(11-9-18)27-16-17-6-4-3-5-7-17/h3-13H,14-16H2,1-2H3,(H2,22,23,24,25). The van der Waals surface area contributed by atoms with E-state index < -0.39 is 0 Å². The van der Waals surface area contributed by atoms with E-state index in [-0.39, 0.29) is 0 Å². The molecule has 0 radical (unpaired) electrons. The first-order chi connectivity index (χ1) is 13.2. The van der Waals surface area contributed by atoms with Gasteiger partial charge in [-0.15, -0.1) is 0 Å². The highest BCUT2D eigenvalue weighted by atomic mass is 16.5. The van der Waals surface area contributed by atoms with E-state index >= 15 is 0 Å². The highest BCUT2D eigenvalue weighted by Crippen LogP contribution is 2.19. The Morgan fingerprint density at radius 3 is 2.48 bits per heavy atom. The molecule has 0 spiro atoms. The molecule has 0 unspecified atom stereocenters. The molecule has 6 nitrogen and oxygen atoms in total. The number of ether oxygens (including phenoxy) is 1. The van der Waals surface area contributed by atoms with Gasteiger partial charge in [-0.05, 0) is 50.0 Å². The van der Waals surface area contributed by atoms with E-state index in [0.29, 0.717) is 12.6 Å². The molecule has 0 fully saturated rings. The van der Waals surface area contributed by atoms with Crippen LogP contribution in [0.3, 0.4) is 0 Å². The van der Waals surface area contributed by atoms with Crippen molar-refractivity contribution in [3.63, 3.8) is 0 Å². The summed E-state index contributed by atoms with van der Waals surface area (Å²) in [6, 6.07) is 19.8. The molecule has 0 amide bonds. The molecule has 3 aromatic rings. The second-order valence-corrected chi connectivity index (χ2v) is 6.42. The number of hydrogen-bond donors (Lipinski definition) is 2. The van der Waals surface area contributed by atoms with Gasteiger partial charge in [0.05, 0.1) is 0 Å². The van der Waals surface area contributed by atoms with Crippen LogP contribution < -0.4 is 15.4 Å². The normalized spacial score (nSPS) is 10.6. The molecule has 27 heavy (non-hydrogen) atoms. The van der Waals surface area contributed by atoms with Crippen molar-refractivity contribution in [1.29, 1.82) is 0 Å². The van der Waals surface area contributed by atoms with Crippen molar-refractivity contribution in [3.05, 3.63) is 72.4 Å². The zero-order valence-corrected chi connectivity index (χ0v) is 15.7. The summed E-state index contributed by atoms with van der Waals surface area (Å²) in [5.41, 5.74) is 2.05. The van der Waals surface area contributed by atoms with Gasteiger partial charge in [0.15, 0.2) is 0 Å². The zero-order valence-electron chi connectivity index (χ0n) is 15.7. The van der Waals surface area contributed by atoms with Gasteiger partial charge in [-0.1, -0.05) is 30.3 Å². The Labute approximate surface area is 160 Å². The van der Waals surface area contributed by atoms with Crippen LogP contribution in [0.25, 0.3) is 0 Å². The third-order valence-electron chi connectivity index (χ3n) is 3.88. The van der Waals surface area contributed by atoms with Gasteiger partial charge in [-0.3, -0.25) is 0 Å². The fourth-order valence-electron chi connectivity index (χ4n) is 2.43. The lowest BCUT2D eigenvalue weighted by Gasteiger charge is -2.12. The van der Waals surface area contributed by atoms with Crippen molar-refractivity contribution >= 4 is 17.5 Å². The lowest BCUT2D eigenvalue weighted by Crippen LogP contribution is -2.21. The van der Waals surface area contributed by atoms with Gasteiger partial charge in [-0.25, -0.2) is 4.98 Å². The Hall–Kier alpha value is -3.12. The number of aromatic nitrogens is 2. The summed E-state index contributed by atoms with van der Waals surface area (Å²) in [5.74, 6) is 2.18. The van der Waals surface area contributed by atoms with Gasteiger partial charge >= 0.3 is 0 Å². The minimum absolute atomic E-state index is 0.553. The predicted octanol–water partition coefficient (Wildman–Crippen LogP) is 3.77. The largest absolute Gasteiger partial charge is 0.489 e. The Morgan fingerprint density at radius 1 is 0.963 bits per heavy atom. The maximum atomic E-state index is 5.81. The van der Waals surface area contributed by atoms with Crippen molar-refractivity contribution in [3.8, 4) is 5.75 Å². The van der Waals surface area contributed by atoms with Crippen LogP contribution in [0.4, 0.5) is 17.5 Å². The molecule has 6 heteroatoms. The highest BCUT2D eigenvalue weighted by molar-refractivity contribution is 5.55. The third-order valence-corrected chi connectivity index (χ3v) is 3.88. The summed E-state index contributed by atoms with van der Waals surface area (Å²) in [6.45, 7) is 2.32. The number of rotatable bonds is 9. The molecule has 0 aliphatic rings. The van der Waals surface area contributed by atoms with Crippen LogP contribution in [0.5, 0.6) is 5.75 Å². The first kappa shape index (κ1) is 18.7. The smallest absolute Gasteiger partial charge is 0.229 e. The Bertz CT molecular complexity index is 821. The van der Waals surface area contributed by atoms with Crippen molar-refractivity contribution in [1.82, 2.24) is 14.9 Å². The van der Waals surface area contributed by atoms with Crippen LogP contribution in [0.1, 0.15) is 5.56 Å². The van der Waals surface area contributed by atoms with Crippen LogP contribution >= 0.6 is 0 Å². The summed E-state index contributed by atoms with van der Waals surface area (Å²) in [6.07, 6.45) is 1.74. The zero-order chi connectivity index (χ0) is 18.9. The fourth-order valence-corrected chi connectivity index (χ4v) is 2.43. The second kappa shape index (κ2) is 9.54. The van der Waals surface area contributed by atoms with Crippen LogP contribution in [-0.2, 0) is 6.61 Å². The molecule has 2 aromatic carbocycles. The van der Waals surface area contributed by atoms with Gasteiger partial charge in [0.1, 0.15) is 18.2 Å². The van der Waals surface area contributed by atoms with Gasteiger partial charge in [0.2, 0.25) is 5.95 Å². The van der Waals surface area contributed by atoms with Gasteiger partial charge in [-0.2, -0.15) is 4.98 Å². The third kappa shape index (κ3) is 6.27. The molecule has 0 bridgehead atoms. The monoisotopic (exact) mass is 363 g/mol. The molecule has 0 saturated carbocycles. The van der Waals surface area contributed by atoms with E-state index in [1.165, 1.54) is 0 Å². The van der Waals surface area contributed by atoms with E-state index in [1.807, 2.05) is 74.8 Å². The minimum Gasteiger partial charge on any atom is -0.489 e. The number of anilines is 3. The molecular weight excluding hydrogens is 338 g/mol. The molecule has 0 atom stereocenters. The van der Waals surface area contributed by atoms with Crippen molar-refractivity contribution < 1.29 is 4.74 Å². The minimum atomic E-state index is 0.553. The molecule has 0 saturated heterocycles. The Kier molecular flexibility index (Phi) is 6.60. The van der Waals surface area contributed by atoms with Crippen molar-refractivity contribution in [2.24, 2.45) is 0 Å². The summed E-state index contributed by atoms with van der Waals surface area (Å²) in [4.78, 5) is 10.9. The quantitative estimate of drug-likeness (QED) is 0.603. The lowest BCUT2D eigenvalue weighted by atomic mass is 10.2. The Balaban J connectivity index is 1.53. The van der Waals surface area contributed by atoms with E-state index in [9.17, 15) is 0 Å². The maximum Gasteiger partial charge on any atom is 0.229 e. The van der Waals surface area contributed by atoms with Gasteiger partial charge < -0.3 is 20.3 Å². The summed E-state index contributed by atoms with van der Waals surface area (Å²) in [7, 11) is 4.09. The Morgan fingerprint density at radius 2 is 1.74 bits per heavy atom. The van der Waals surface area contributed by atoms with Crippen LogP contribution in [-0.4, -0.2) is 42.1 Å². The summed E-state index contributed by atoms with van der Waals surface area (Å²) < 4.78 is 5.81. The van der Waals surface area contributed by atoms with Crippen molar-refractivity contribution in [2.45, 2.75) is 6.61 Å². The fraction of sp³-hybridized carbons (Fsp3) is 0.238. The molecule has 2 N–H and O–H groups in total. The second-order valence-electron chi connectivity index (χ2n) is 6.42. The predicted molar refractivity (Wildman–Crippen MR) is 110 cm³/mol. The summed E-state index contributed by atoms with van der Waals surface area (Å²) >= 11 is 0. The lowest BCUT2D eigenvalue weighted by molar-refractivity contribution is 0.306.